The van der Waals surface area contributed by atoms with Crippen LogP contribution in [-0.4, -0.2) is 23.9 Å². The summed E-state index contributed by atoms with van der Waals surface area (Å²) in [6.07, 6.45) is 0.884. The number of fused-ring (bicyclic) bond motifs is 1. The second-order valence-corrected chi connectivity index (χ2v) is 6.12. The van der Waals surface area contributed by atoms with Gasteiger partial charge in [0.05, 0.1) is 6.04 Å². The molecule has 0 bridgehead atoms. The molecular weight excluding hydrogens is 328 g/mol. The topological polar surface area (TPSA) is 46.3 Å². The molecular formula is C17H17BrN2O. The van der Waals surface area contributed by atoms with E-state index in [0.29, 0.717) is 18.7 Å². The van der Waals surface area contributed by atoms with Crippen LogP contribution < -0.4 is 5.73 Å². The predicted octanol–water partition coefficient (Wildman–Crippen LogP) is 3.15. The number of nitrogens with zero attached hydrogens (tertiary/aromatic N) is 1. The van der Waals surface area contributed by atoms with E-state index < -0.39 is 0 Å². The number of rotatable bonds is 2. The number of benzene rings is 2. The number of halogens is 1. The molecule has 0 radical (unpaired) electrons. The lowest BCUT2D eigenvalue weighted by Gasteiger charge is -2.36. The molecule has 0 spiro atoms. The number of hydrogen-bond acceptors (Lipinski definition) is 2. The summed E-state index contributed by atoms with van der Waals surface area (Å²) in [4.78, 5) is 14.6. The fourth-order valence-electron chi connectivity index (χ4n) is 2.91. The van der Waals surface area contributed by atoms with E-state index in [-0.39, 0.29) is 11.9 Å². The summed E-state index contributed by atoms with van der Waals surface area (Å²) in [5.41, 5.74) is 9.13. The number of carbonyl (C=O) groups excluding carboxylic acids is 1. The molecule has 1 aliphatic heterocycles. The van der Waals surface area contributed by atoms with E-state index in [1.54, 1.807) is 0 Å². The number of carbonyl (C=O) groups is 1. The lowest BCUT2D eigenvalue weighted by molar-refractivity contribution is 0.0668. The third-order valence-corrected chi connectivity index (χ3v) is 4.52. The van der Waals surface area contributed by atoms with Crippen LogP contribution in [0.1, 0.15) is 27.5 Å². The van der Waals surface area contributed by atoms with Crippen molar-refractivity contribution in [3.63, 3.8) is 0 Å². The van der Waals surface area contributed by atoms with E-state index in [1.165, 1.54) is 11.1 Å². The monoisotopic (exact) mass is 344 g/mol. The lowest BCUT2D eigenvalue weighted by Crippen LogP contribution is -2.43. The van der Waals surface area contributed by atoms with Crippen LogP contribution in [0, 0.1) is 0 Å². The van der Waals surface area contributed by atoms with E-state index in [0.717, 1.165) is 10.9 Å². The molecule has 0 fully saturated rings. The van der Waals surface area contributed by atoms with Crippen molar-refractivity contribution in [3.05, 3.63) is 69.7 Å². The van der Waals surface area contributed by atoms with Gasteiger partial charge >= 0.3 is 0 Å². The van der Waals surface area contributed by atoms with Gasteiger partial charge in [-0.25, -0.2) is 0 Å². The molecule has 2 aromatic carbocycles. The zero-order chi connectivity index (χ0) is 14.8. The van der Waals surface area contributed by atoms with Gasteiger partial charge in [-0.1, -0.05) is 40.2 Å². The van der Waals surface area contributed by atoms with Crippen LogP contribution in [0.3, 0.4) is 0 Å². The minimum absolute atomic E-state index is 0.0360. The number of nitrogens with two attached hydrogens (primary N) is 1. The SMILES string of the molecule is NCC1c2ccccc2CCN1C(=O)c1ccc(Br)cc1. The zero-order valence-corrected chi connectivity index (χ0v) is 13.2. The highest BCUT2D eigenvalue weighted by molar-refractivity contribution is 9.10. The van der Waals surface area contributed by atoms with Gasteiger partial charge in [0, 0.05) is 23.1 Å². The van der Waals surface area contributed by atoms with Gasteiger partial charge in [0.1, 0.15) is 0 Å². The first kappa shape index (κ1) is 14.3. The van der Waals surface area contributed by atoms with Crippen molar-refractivity contribution in [2.45, 2.75) is 12.5 Å². The Morgan fingerprint density at radius 1 is 1.19 bits per heavy atom. The third kappa shape index (κ3) is 2.74. The van der Waals surface area contributed by atoms with Crippen molar-refractivity contribution < 1.29 is 4.79 Å². The minimum Gasteiger partial charge on any atom is -0.330 e. The summed E-state index contributed by atoms with van der Waals surface area (Å²) in [5.74, 6) is 0.0486. The van der Waals surface area contributed by atoms with E-state index in [4.69, 9.17) is 5.73 Å². The molecule has 2 aromatic rings. The van der Waals surface area contributed by atoms with E-state index in [1.807, 2.05) is 41.3 Å². The number of amides is 1. The Morgan fingerprint density at radius 2 is 1.90 bits per heavy atom. The molecule has 1 heterocycles. The van der Waals surface area contributed by atoms with Crippen LogP contribution in [-0.2, 0) is 6.42 Å². The number of hydrogen-bond donors (Lipinski definition) is 1. The maximum atomic E-state index is 12.7. The Kier molecular flexibility index (Phi) is 4.08. The van der Waals surface area contributed by atoms with Crippen LogP contribution in [0.5, 0.6) is 0 Å². The van der Waals surface area contributed by atoms with Crippen LogP contribution in [0.2, 0.25) is 0 Å². The third-order valence-electron chi connectivity index (χ3n) is 3.99. The van der Waals surface area contributed by atoms with Gasteiger partial charge in [-0.2, -0.15) is 0 Å². The average molecular weight is 345 g/mol. The first-order valence-corrected chi connectivity index (χ1v) is 7.84. The van der Waals surface area contributed by atoms with Crippen molar-refractivity contribution in [1.29, 1.82) is 0 Å². The first-order valence-electron chi connectivity index (χ1n) is 7.05. The molecule has 108 valence electrons. The highest BCUT2D eigenvalue weighted by Gasteiger charge is 2.30. The maximum absolute atomic E-state index is 12.7. The molecule has 1 amide bonds. The average Bonchev–Trinajstić information content (AvgIpc) is 2.53. The molecule has 3 nitrogen and oxygen atoms in total. The maximum Gasteiger partial charge on any atom is 0.254 e. The van der Waals surface area contributed by atoms with E-state index in [9.17, 15) is 4.79 Å². The summed E-state index contributed by atoms with van der Waals surface area (Å²) in [6.45, 7) is 1.16. The fraction of sp³-hybridized carbons (Fsp3) is 0.235. The smallest absolute Gasteiger partial charge is 0.254 e. The van der Waals surface area contributed by atoms with Gasteiger partial charge in [-0.15, -0.1) is 0 Å². The van der Waals surface area contributed by atoms with Gasteiger partial charge in [0.2, 0.25) is 0 Å². The van der Waals surface area contributed by atoms with Crippen LogP contribution in [0.4, 0.5) is 0 Å². The Morgan fingerprint density at radius 3 is 2.62 bits per heavy atom. The molecule has 4 heteroatoms. The molecule has 1 unspecified atom stereocenters. The quantitative estimate of drug-likeness (QED) is 0.909. The molecule has 0 aliphatic carbocycles. The molecule has 1 aliphatic rings. The molecule has 0 saturated heterocycles. The minimum atomic E-state index is -0.0360. The molecule has 2 N–H and O–H groups in total. The summed E-state index contributed by atoms with van der Waals surface area (Å²) in [5, 5.41) is 0. The standard InChI is InChI=1S/C17H17BrN2O/c18-14-7-5-13(6-8-14)17(21)20-10-9-12-3-1-2-4-15(12)16(20)11-19/h1-8,16H,9-11,19H2. The zero-order valence-electron chi connectivity index (χ0n) is 11.6. The van der Waals surface area contributed by atoms with Gasteiger partial charge in [0.15, 0.2) is 0 Å². The van der Waals surface area contributed by atoms with E-state index in [2.05, 4.69) is 28.1 Å². The van der Waals surface area contributed by atoms with E-state index >= 15 is 0 Å². The lowest BCUT2D eigenvalue weighted by atomic mass is 9.92. The van der Waals surface area contributed by atoms with Gasteiger partial charge in [-0.05, 0) is 41.8 Å². The molecule has 1 atom stereocenters. The van der Waals surface area contributed by atoms with Gasteiger partial charge in [0.25, 0.3) is 5.91 Å². The summed E-state index contributed by atoms with van der Waals surface area (Å²) in [6, 6.07) is 15.7. The molecule has 0 saturated carbocycles. The fourth-order valence-corrected chi connectivity index (χ4v) is 3.17. The highest BCUT2D eigenvalue weighted by Crippen LogP contribution is 2.30. The van der Waals surface area contributed by atoms with Crippen molar-refractivity contribution in [3.8, 4) is 0 Å². The Balaban J connectivity index is 1.92. The summed E-state index contributed by atoms with van der Waals surface area (Å²) < 4.78 is 0.971. The molecule has 3 rings (SSSR count). The Bertz CT molecular complexity index is 654. The van der Waals surface area contributed by atoms with Crippen molar-refractivity contribution in [2.75, 3.05) is 13.1 Å². The second-order valence-electron chi connectivity index (χ2n) is 5.21. The molecule has 0 aromatic heterocycles. The first-order chi connectivity index (χ1) is 10.2. The summed E-state index contributed by atoms with van der Waals surface area (Å²) in [7, 11) is 0. The second kappa shape index (κ2) is 6.00. The van der Waals surface area contributed by atoms with Crippen LogP contribution in [0.25, 0.3) is 0 Å². The Hall–Kier alpha value is -1.65. The van der Waals surface area contributed by atoms with Crippen molar-refractivity contribution >= 4 is 21.8 Å². The van der Waals surface area contributed by atoms with Crippen molar-refractivity contribution in [2.24, 2.45) is 5.73 Å². The van der Waals surface area contributed by atoms with Crippen LogP contribution in [0.15, 0.2) is 53.0 Å². The largest absolute Gasteiger partial charge is 0.330 e. The summed E-state index contributed by atoms with van der Waals surface area (Å²) >= 11 is 3.39. The normalized spacial score (nSPS) is 17.4. The van der Waals surface area contributed by atoms with Gasteiger partial charge in [-0.3, -0.25) is 4.79 Å². The predicted molar refractivity (Wildman–Crippen MR) is 87.1 cm³/mol. The van der Waals surface area contributed by atoms with Gasteiger partial charge < -0.3 is 10.6 Å². The highest BCUT2D eigenvalue weighted by atomic mass is 79.9. The van der Waals surface area contributed by atoms with Crippen molar-refractivity contribution in [1.82, 2.24) is 4.90 Å². The van der Waals surface area contributed by atoms with Crippen LogP contribution >= 0.6 is 15.9 Å². The molecule has 21 heavy (non-hydrogen) atoms. The Labute approximate surface area is 132 Å².